The van der Waals surface area contributed by atoms with Gasteiger partial charge in [0.1, 0.15) is 5.69 Å². The summed E-state index contributed by atoms with van der Waals surface area (Å²) in [6.07, 6.45) is 0. The van der Waals surface area contributed by atoms with Crippen molar-refractivity contribution in [3.05, 3.63) is 33.9 Å². The van der Waals surface area contributed by atoms with Gasteiger partial charge in [-0.15, -0.1) is 0 Å². The number of hydrogen-bond donors (Lipinski definition) is 2. The van der Waals surface area contributed by atoms with Gasteiger partial charge in [0.2, 0.25) is 5.13 Å². The average Bonchev–Trinajstić information content (AvgIpc) is 2.90. The largest absolute Gasteiger partial charge is 0.383 e. The fourth-order valence-corrected chi connectivity index (χ4v) is 1.75. The van der Waals surface area contributed by atoms with Crippen LogP contribution < -0.4 is 10.6 Å². The van der Waals surface area contributed by atoms with Crippen LogP contribution in [0.4, 0.5) is 16.5 Å². The smallest absolute Gasteiger partial charge is 0.292 e. The van der Waals surface area contributed by atoms with Crippen LogP contribution in [0.3, 0.4) is 0 Å². The van der Waals surface area contributed by atoms with E-state index in [-0.39, 0.29) is 22.1 Å². The van der Waals surface area contributed by atoms with Gasteiger partial charge in [0, 0.05) is 30.2 Å². The third-order valence-corrected chi connectivity index (χ3v) is 2.76. The number of rotatable bonds is 4. The Hall–Kier alpha value is -2.62. The zero-order valence-corrected chi connectivity index (χ0v) is 10.5. The number of amides is 1. The molecule has 2 N–H and O–H groups in total. The molecule has 0 aliphatic carbocycles. The third kappa shape index (κ3) is 2.80. The number of nitro benzene ring substituents is 1. The van der Waals surface area contributed by atoms with Crippen molar-refractivity contribution in [3.63, 3.8) is 0 Å². The second kappa shape index (κ2) is 5.35. The topological polar surface area (TPSA) is 123 Å². The number of carbonyl (C=O) groups is 1. The number of hydrogen-bond acceptors (Lipinski definition) is 8. The van der Waals surface area contributed by atoms with Gasteiger partial charge in [-0.2, -0.15) is 0 Å². The van der Waals surface area contributed by atoms with Crippen molar-refractivity contribution in [2.45, 2.75) is 0 Å². The van der Waals surface area contributed by atoms with Crippen LogP contribution in [0, 0.1) is 10.1 Å². The normalized spacial score (nSPS) is 9.95. The maximum Gasteiger partial charge on any atom is 0.292 e. The molecule has 0 saturated carbocycles. The molecular weight excluding hydrogens is 272 g/mol. The quantitative estimate of drug-likeness (QED) is 0.635. The summed E-state index contributed by atoms with van der Waals surface area (Å²) in [6.45, 7) is 0. The number of carbonyl (C=O) groups excluding carboxylic acids is 1. The lowest BCUT2D eigenvalue weighted by Crippen LogP contribution is -2.12. The number of nitrogens with zero attached hydrogens (tertiary/aromatic N) is 4. The van der Waals surface area contributed by atoms with Crippen molar-refractivity contribution in [3.8, 4) is 0 Å². The molecule has 0 spiro atoms. The zero-order chi connectivity index (χ0) is 13.8. The first-order valence-corrected chi connectivity index (χ1v) is 5.81. The van der Waals surface area contributed by atoms with E-state index < -0.39 is 10.8 Å². The molecule has 0 bridgehead atoms. The Balaban J connectivity index is 2.25. The summed E-state index contributed by atoms with van der Waals surface area (Å²) in [6, 6.07) is 4.02. The fourth-order valence-electron chi connectivity index (χ4n) is 1.39. The van der Waals surface area contributed by atoms with Gasteiger partial charge in [-0.1, -0.05) is 9.59 Å². The molecule has 9 nitrogen and oxygen atoms in total. The molecule has 10 heteroatoms. The van der Waals surface area contributed by atoms with Crippen molar-refractivity contribution in [2.24, 2.45) is 0 Å². The van der Waals surface area contributed by atoms with Gasteiger partial charge in [0.05, 0.1) is 4.92 Å². The summed E-state index contributed by atoms with van der Waals surface area (Å²) in [5.74, 6) is -0.440. The molecule has 98 valence electrons. The van der Waals surface area contributed by atoms with Crippen LogP contribution in [0.5, 0.6) is 0 Å². The summed E-state index contributed by atoms with van der Waals surface area (Å²) in [4.78, 5) is 22.1. The minimum absolute atomic E-state index is 0.100. The highest BCUT2D eigenvalue weighted by Gasteiger charge is 2.16. The fraction of sp³-hybridized carbons (Fsp3) is 0.111. The van der Waals surface area contributed by atoms with Crippen LogP contribution in [0.1, 0.15) is 10.4 Å². The van der Waals surface area contributed by atoms with E-state index in [1.54, 1.807) is 7.05 Å². The van der Waals surface area contributed by atoms with Crippen molar-refractivity contribution < 1.29 is 9.72 Å². The zero-order valence-electron chi connectivity index (χ0n) is 9.65. The standard InChI is InChI=1S/C9H8N6O3S/c1-10-6-4-5(2-3-7(6)15(17)18)8(16)11-9-12-13-14-19-9/h2-4,10H,1H3,(H,11,12,14,16). The Labute approximate surface area is 111 Å². The first-order chi connectivity index (χ1) is 9.11. The van der Waals surface area contributed by atoms with Crippen LogP contribution in [0.15, 0.2) is 18.2 Å². The number of anilines is 2. The molecule has 2 rings (SSSR count). The van der Waals surface area contributed by atoms with Crippen LogP contribution in [0.2, 0.25) is 0 Å². The molecule has 1 heterocycles. The van der Waals surface area contributed by atoms with Crippen molar-refractivity contribution in [2.75, 3.05) is 17.7 Å². The molecule has 0 radical (unpaired) electrons. The minimum atomic E-state index is -0.526. The molecule has 0 unspecified atom stereocenters. The minimum Gasteiger partial charge on any atom is -0.383 e. The van der Waals surface area contributed by atoms with E-state index in [9.17, 15) is 14.9 Å². The lowest BCUT2D eigenvalue weighted by atomic mass is 10.1. The molecule has 1 aromatic carbocycles. The Kier molecular flexibility index (Phi) is 3.61. The number of benzene rings is 1. The van der Waals surface area contributed by atoms with Gasteiger partial charge < -0.3 is 5.32 Å². The van der Waals surface area contributed by atoms with Gasteiger partial charge in [0.25, 0.3) is 11.6 Å². The maximum absolute atomic E-state index is 11.9. The number of aromatic nitrogens is 3. The molecule has 0 aliphatic heterocycles. The lowest BCUT2D eigenvalue weighted by molar-refractivity contribution is -0.383. The molecular formula is C9H8N6O3S. The molecule has 19 heavy (non-hydrogen) atoms. The van der Waals surface area contributed by atoms with Gasteiger partial charge in [-0.25, -0.2) is 0 Å². The second-order valence-electron chi connectivity index (χ2n) is 3.36. The molecule has 0 aliphatic rings. The summed E-state index contributed by atoms with van der Waals surface area (Å²) in [5, 5.41) is 23.1. The van der Waals surface area contributed by atoms with E-state index in [1.165, 1.54) is 18.2 Å². The Morgan fingerprint density at radius 2 is 2.26 bits per heavy atom. The van der Waals surface area contributed by atoms with E-state index in [4.69, 9.17) is 0 Å². The van der Waals surface area contributed by atoms with E-state index in [1.807, 2.05) is 0 Å². The van der Waals surface area contributed by atoms with Crippen LogP contribution in [-0.2, 0) is 0 Å². The number of nitrogens with one attached hydrogen (secondary N) is 2. The van der Waals surface area contributed by atoms with Gasteiger partial charge >= 0.3 is 0 Å². The highest BCUT2D eigenvalue weighted by molar-refractivity contribution is 7.09. The molecule has 0 saturated heterocycles. The van der Waals surface area contributed by atoms with E-state index >= 15 is 0 Å². The first kappa shape index (κ1) is 12.8. The molecule has 0 atom stereocenters. The number of nitro groups is 1. The monoisotopic (exact) mass is 280 g/mol. The Bertz CT molecular complexity index is 614. The first-order valence-electron chi connectivity index (χ1n) is 5.04. The summed E-state index contributed by atoms with van der Waals surface area (Å²) >= 11 is 0.936. The van der Waals surface area contributed by atoms with Gasteiger partial charge in [-0.05, 0) is 17.3 Å². The molecule has 1 aromatic heterocycles. The van der Waals surface area contributed by atoms with Crippen molar-refractivity contribution in [1.82, 2.24) is 14.8 Å². The van der Waals surface area contributed by atoms with E-state index in [0.717, 1.165) is 11.5 Å². The van der Waals surface area contributed by atoms with Crippen molar-refractivity contribution in [1.29, 1.82) is 0 Å². The lowest BCUT2D eigenvalue weighted by Gasteiger charge is -2.05. The maximum atomic E-state index is 11.9. The summed E-state index contributed by atoms with van der Waals surface area (Å²) < 4.78 is 3.50. The van der Waals surface area contributed by atoms with Gasteiger partial charge in [0.15, 0.2) is 0 Å². The summed E-state index contributed by atoms with van der Waals surface area (Å²) in [5.41, 5.74) is 0.426. The molecule has 2 aromatic rings. The van der Waals surface area contributed by atoms with Crippen LogP contribution in [-0.4, -0.2) is 32.7 Å². The SMILES string of the molecule is CNc1cc(C(=O)Nc2nnns2)ccc1[N+](=O)[O-]. The summed E-state index contributed by atoms with van der Waals surface area (Å²) in [7, 11) is 1.54. The van der Waals surface area contributed by atoms with E-state index in [0.29, 0.717) is 0 Å². The second-order valence-corrected chi connectivity index (χ2v) is 4.09. The predicted octanol–water partition coefficient (Wildman–Crippen LogP) is 1.14. The Morgan fingerprint density at radius 3 is 2.84 bits per heavy atom. The highest BCUT2D eigenvalue weighted by atomic mass is 32.1. The third-order valence-electron chi connectivity index (χ3n) is 2.24. The highest BCUT2D eigenvalue weighted by Crippen LogP contribution is 2.25. The molecule has 0 fully saturated rings. The van der Waals surface area contributed by atoms with E-state index in [2.05, 4.69) is 25.4 Å². The molecule has 1 amide bonds. The average molecular weight is 280 g/mol. The Morgan fingerprint density at radius 1 is 1.47 bits per heavy atom. The van der Waals surface area contributed by atoms with Gasteiger partial charge in [-0.3, -0.25) is 20.2 Å². The predicted molar refractivity (Wildman–Crippen MR) is 68.3 cm³/mol. The van der Waals surface area contributed by atoms with Crippen LogP contribution in [0.25, 0.3) is 0 Å². The van der Waals surface area contributed by atoms with Crippen LogP contribution >= 0.6 is 11.5 Å². The van der Waals surface area contributed by atoms with Crippen molar-refractivity contribution >= 4 is 33.9 Å².